The van der Waals surface area contributed by atoms with Gasteiger partial charge in [-0.05, 0) is 24.5 Å². The van der Waals surface area contributed by atoms with Gasteiger partial charge in [-0.25, -0.2) is 0 Å². The lowest BCUT2D eigenvalue weighted by Crippen LogP contribution is -1.95. The molecule has 0 aliphatic carbocycles. The number of hydrogen-bond acceptors (Lipinski definition) is 2. The molecule has 2 aromatic rings. The summed E-state index contributed by atoms with van der Waals surface area (Å²) in [6, 6.07) is 5.97. The maximum Gasteiger partial charge on any atom is 0.149 e. The maximum absolute atomic E-state index is 6.26. The molecule has 0 amide bonds. The van der Waals surface area contributed by atoms with Crippen LogP contribution in [-0.4, -0.2) is 10.2 Å². The van der Waals surface area contributed by atoms with Crippen LogP contribution >= 0.6 is 11.6 Å². The zero-order valence-electron chi connectivity index (χ0n) is 10.2. The van der Waals surface area contributed by atoms with Crippen molar-refractivity contribution in [3.05, 3.63) is 34.3 Å². The van der Waals surface area contributed by atoms with Crippen LogP contribution in [0.2, 0.25) is 5.02 Å². The summed E-state index contributed by atoms with van der Waals surface area (Å²) in [6.45, 7) is 6.19. The Kier molecular flexibility index (Phi) is 3.11. The second-order valence-corrected chi connectivity index (χ2v) is 4.94. The van der Waals surface area contributed by atoms with E-state index < -0.39 is 0 Å². The first-order chi connectivity index (χ1) is 8.00. The lowest BCUT2D eigenvalue weighted by molar-refractivity contribution is 0.873. The van der Waals surface area contributed by atoms with Gasteiger partial charge < -0.3 is 5.73 Å². The van der Waals surface area contributed by atoms with Crippen LogP contribution in [0.5, 0.6) is 0 Å². The van der Waals surface area contributed by atoms with Crippen LogP contribution in [0.25, 0.3) is 11.3 Å². The Hall–Kier alpha value is -1.48. The minimum Gasteiger partial charge on any atom is -0.382 e. The number of nitrogens with one attached hydrogen (secondary N) is 1. The monoisotopic (exact) mass is 249 g/mol. The fourth-order valence-corrected chi connectivity index (χ4v) is 2.31. The van der Waals surface area contributed by atoms with Crippen molar-refractivity contribution in [3.8, 4) is 11.3 Å². The Morgan fingerprint density at radius 3 is 2.65 bits per heavy atom. The average Bonchev–Trinajstić information content (AvgIpc) is 2.60. The molecule has 0 unspecified atom stereocenters. The maximum atomic E-state index is 6.26. The van der Waals surface area contributed by atoms with Gasteiger partial charge in [-0.3, -0.25) is 5.10 Å². The summed E-state index contributed by atoms with van der Waals surface area (Å²) in [5, 5.41) is 7.76. The SMILES string of the molecule is Cc1ccc(-c2[nH]nc(N)c2C(C)C)c(Cl)c1. The predicted octanol–water partition coefficient (Wildman–Crippen LogP) is 3.74. The summed E-state index contributed by atoms with van der Waals surface area (Å²) < 4.78 is 0. The molecule has 0 saturated heterocycles. The third kappa shape index (κ3) is 2.15. The lowest BCUT2D eigenvalue weighted by Gasteiger charge is -2.09. The highest BCUT2D eigenvalue weighted by atomic mass is 35.5. The molecular weight excluding hydrogens is 234 g/mol. The molecule has 17 heavy (non-hydrogen) atoms. The molecule has 3 N–H and O–H groups in total. The highest BCUT2D eigenvalue weighted by Crippen LogP contribution is 2.35. The predicted molar refractivity (Wildman–Crippen MR) is 72.3 cm³/mol. The number of nitrogen functional groups attached to an aromatic ring is 1. The Morgan fingerprint density at radius 2 is 2.06 bits per heavy atom. The van der Waals surface area contributed by atoms with E-state index in [1.165, 1.54) is 0 Å². The van der Waals surface area contributed by atoms with Crippen molar-refractivity contribution < 1.29 is 0 Å². The largest absolute Gasteiger partial charge is 0.382 e. The first kappa shape index (κ1) is 12.0. The van der Waals surface area contributed by atoms with Crippen LogP contribution in [0.15, 0.2) is 18.2 Å². The summed E-state index contributed by atoms with van der Waals surface area (Å²) in [5.74, 6) is 0.854. The Morgan fingerprint density at radius 1 is 1.35 bits per heavy atom. The Bertz CT molecular complexity index is 544. The van der Waals surface area contributed by atoms with Gasteiger partial charge in [0.25, 0.3) is 0 Å². The second-order valence-electron chi connectivity index (χ2n) is 4.54. The number of benzene rings is 1. The highest BCUT2D eigenvalue weighted by Gasteiger charge is 2.17. The van der Waals surface area contributed by atoms with Gasteiger partial charge in [0.1, 0.15) is 5.82 Å². The quantitative estimate of drug-likeness (QED) is 0.852. The Labute approximate surface area is 106 Å². The molecule has 4 heteroatoms. The van der Waals surface area contributed by atoms with Gasteiger partial charge in [0.2, 0.25) is 0 Å². The molecule has 0 atom stereocenters. The number of hydrogen-bond donors (Lipinski definition) is 2. The van der Waals surface area contributed by atoms with Crippen molar-refractivity contribution >= 4 is 17.4 Å². The van der Waals surface area contributed by atoms with E-state index in [9.17, 15) is 0 Å². The molecule has 1 heterocycles. The van der Waals surface area contributed by atoms with Gasteiger partial charge in [-0.15, -0.1) is 0 Å². The first-order valence-corrected chi connectivity index (χ1v) is 5.98. The van der Waals surface area contributed by atoms with Crippen LogP contribution in [-0.2, 0) is 0 Å². The zero-order chi connectivity index (χ0) is 12.6. The van der Waals surface area contributed by atoms with Crippen molar-refractivity contribution in [2.24, 2.45) is 0 Å². The first-order valence-electron chi connectivity index (χ1n) is 5.61. The molecule has 3 nitrogen and oxygen atoms in total. The molecule has 2 rings (SSSR count). The number of nitrogens with two attached hydrogens (primary N) is 1. The van der Waals surface area contributed by atoms with Crippen molar-refractivity contribution in [2.45, 2.75) is 26.7 Å². The smallest absolute Gasteiger partial charge is 0.149 e. The molecule has 0 bridgehead atoms. The van der Waals surface area contributed by atoms with E-state index in [4.69, 9.17) is 17.3 Å². The summed E-state index contributed by atoms with van der Waals surface area (Å²) >= 11 is 6.26. The van der Waals surface area contributed by atoms with E-state index in [2.05, 4.69) is 24.0 Å². The van der Waals surface area contributed by atoms with Gasteiger partial charge in [0.15, 0.2) is 0 Å². The van der Waals surface area contributed by atoms with Gasteiger partial charge in [0, 0.05) is 11.1 Å². The molecule has 0 spiro atoms. The van der Waals surface area contributed by atoms with Gasteiger partial charge in [-0.2, -0.15) is 5.10 Å². The number of H-pyrrole nitrogens is 1. The number of aryl methyl sites for hydroxylation is 1. The molecular formula is C13H16ClN3. The minimum atomic E-state index is 0.307. The molecule has 1 aromatic carbocycles. The normalized spacial score (nSPS) is 11.1. The van der Waals surface area contributed by atoms with E-state index in [0.717, 1.165) is 27.4 Å². The van der Waals surface area contributed by atoms with E-state index in [1.54, 1.807) is 0 Å². The van der Waals surface area contributed by atoms with Crippen LogP contribution in [0.4, 0.5) is 5.82 Å². The number of halogens is 1. The summed E-state index contributed by atoms with van der Waals surface area (Å²) in [6.07, 6.45) is 0. The van der Waals surface area contributed by atoms with Gasteiger partial charge in [-0.1, -0.05) is 37.6 Å². The van der Waals surface area contributed by atoms with Crippen LogP contribution < -0.4 is 5.73 Å². The summed E-state index contributed by atoms with van der Waals surface area (Å²) in [5.41, 5.74) is 9.90. The number of aromatic nitrogens is 2. The Balaban J connectivity index is 2.61. The zero-order valence-corrected chi connectivity index (χ0v) is 11.0. The van der Waals surface area contributed by atoms with Crippen molar-refractivity contribution in [3.63, 3.8) is 0 Å². The van der Waals surface area contributed by atoms with Crippen molar-refractivity contribution in [1.82, 2.24) is 10.2 Å². The van der Waals surface area contributed by atoms with Crippen LogP contribution in [0.3, 0.4) is 0 Å². The number of nitrogens with zero attached hydrogens (tertiary/aromatic N) is 1. The molecule has 0 radical (unpaired) electrons. The summed E-state index contributed by atoms with van der Waals surface area (Å²) in [7, 11) is 0. The number of rotatable bonds is 2. The van der Waals surface area contributed by atoms with Crippen LogP contribution in [0.1, 0.15) is 30.9 Å². The van der Waals surface area contributed by atoms with E-state index in [-0.39, 0.29) is 0 Å². The van der Waals surface area contributed by atoms with Gasteiger partial charge in [0.05, 0.1) is 10.7 Å². The third-order valence-electron chi connectivity index (χ3n) is 2.80. The van der Waals surface area contributed by atoms with Gasteiger partial charge >= 0.3 is 0 Å². The molecule has 0 fully saturated rings. The molecule has 0 saturated carbocycles. The molecule has 90 valence electrons. The number of anilines is 1. The third-order valence-corrected chi connectivity index (χ3v) is 3.12. The van der Waals surface area contributed by atoms with Crippen LogP contribution in [0, 0.1) is 6.92 Å². The van der Waals surface area contributed by atoms with E-state index in [0.29, 0.717) is 11.7 Å². The van der Waals surface area contributed by atoms with E-state index >= 15 is 0 Å². The molecule has 1 aromatic heterocycles. The molecule has 0 aliphatic heterocycles. The average molecular weight is 250 g/mol. The fourth-order valence-electron chi connectivity index (χ4n) is 1.98. The minimum absolute atomic E-state index is 0.307. The van der Waals surface area contributed by atoms with Crippen molar-refractivity contribution in [2.75, 3.05) is 5.73 Å². The van der Waals surface area contributed by atoms with Crippen molar-refractivity contribution in [1.29, 1.82) is 0 Å². The van der Waals surface area contributed by atoms with E-state index in [1.807, 2.05) is 25.1 Å². The standard InChI is InChI=1S/C13H16ClN3/c1-7(2)11-12(16-17-13(11)15)9-5-4-8(3)6-10(9)14/h4-7H,1-3H3,(H3,15,16,17). The number of aromatic amines is 1. The second kappa shape index (κ2) is 4.41. The highest BCUT2D eigenvalue weighted by molar-refractivity contribution is 6.33. The fraction of sp³-hybridized carbons (Fsp3) is 0.308. The molecule has 0 aliphatic rings. The lowest BCUT2D eigenvalue weighted by atomic mass is 9.98. The summed E-state index contributed by atoms with van der Waals surface area (Å²) in [4.78, 5) is 0. The topological polar surface area (TPSA) is 54.7 Å².